The summed E-state index contributed by atoms with van der Waals surface area (Å²) in [6.07, 6.45) is 3.55. The molecule has 0 radical (unpaired) electrons. The Morgan fingerprint density at radius 3 is 2.88 bits per heavy atom. The number of carbonyl (C=O) groups excluding carboxylic acids is 2. The second-order valence-corrected chi connectivity index (χ2v) is 7.90. The number of nitrogens with one attached hydrogen (secondary N) is 1. The molecule has 7 nitrogen and oxygen atoms in total. The number of aromatic nitrogens is 1. The maximum absolute atomic E-state index is 12.2. The molecule has 0 aliphatic carbocycles. The van der Waals surface area contributed by atoms with Crippen molar-refractivity contribution in [3.8, 4) is 0 Å². The van der Waals surface area contributed by atoms with Crippen LogP contribution < -0.4 is 5.32 Å². The molecule has 1 amide bonds. The van der Waals surface area contributed by atoms with Gasteiger partial charge in [-0.15, -0.1) is 0 Å². The Morgan fingerprint density at radius 2 is 2.23 bits per heavy atom. The van der Waals surface area contributed by atoms with Gasteiger partial charge in [0, 0.05) is 29.8 Å². The molecule has 0 saturated carbocycles. The Hall–Kier alpha value is -1.93. The lowest BCUT2D eigenvalue weighted by atomic mass is 10.2. The van der Waals surface area contributed by atoms with Crippen molar-refractivity contribution in [3.05, 3.63) is 34.6 Å². The number of likely N-dealkylation sites (tertiary alicyclic amines) is 1. The molecule has 1 aliphatic heterocycles. The molecule has 1 aliphatic rings. The van der Waals surface area contributed by atoms with Gasteiger partial charge in [0.15, 0.2) is 0 Å². The van der Waals surface area contributed by atoms with Crippen molar-refractivity contribution in [2.24, 2.45) is 0 Å². The second-order valence-electron chi connectivity index (χ2n) is 6.98. The molecule has 26 heavy (non-hydrogen) atoms. The van der Waals surface area contributed by atoms with E-state index in [1.807, 2.05) is 20.8 Å². The van der Waals surface area contributed by atoms with Gasteiger partial charge in [0.05, 0.1) is 11.3 Å². The molecule has 8 heteroatoms. The van der Waals surface area contributed by atoms with Crippen LogP contribution in [0.15, 0.2) is 23.3 Å². The summed E-state index contributed by atoms with van der Waals surface area (Å²) in [5.74, 6) is -0.483. The third-order valence-electron chi connectivity index (χ3n) is 3.71. The third-order valence-corrected chi connectivity index (χ3v) is 4.15. The molecule has 0 aromatic carbocycles. The number of hydrogen-bond acceptors (Lipinski definition) is 6. The zero-order chi connectivity index (χ0) is 19.3. The van der Waals surface area contributed by atoms with Gasteiger partial charge in [0.25, 0.3) is 0 Å². The Kier molecular flexibility index (Phi) is 6.77. The molecule has 1 fully saturated rings. The number of hydrogen-bond donors (Lipinski definition) is 1. The first-order chi connectivity index (χ1) is 12.2. The second kappa shape index (κ2) is 8.64. The van der Waals surface area contributed by atoms with Crippen LogP contribution in [0.2, 0.25) is 0 Å². The number of nitrogens with zero attached hydrogens (tertiary/aromatic N) is 2. The van der Waals surface area contributed by atoms with Crippen molar-refractivity contribution in [2.75, 3.05) is 19.8 Å². The zero-order valence-electron chi connectivity index (χ0n) is 15.3. The number of amides is 1. The SMILES string of the molecule is C=Cc1ncc(Br)cc1C(=O)OCNC1CCN(C(=O)OC(C)(C)C)C1. The first kappa shape index (κ1) is 20.4. The van der Waals surface area contributed by atoms with Crippen LogP contribution in [0, 0.1) is 0 Å². The molecule has 1 saturated heterocycles. The van der Waals surface area contributed by atoms with E-state index in [0.717, 1.165) is 6.42 Å². The zero-order valence-corrected chi connectivity index (χ0v) is 16.8. The van der Waals surface area contributed by atoms with Gasteiger partial charge in [0.1, 0.15) is 12.3 Å². The lowest BCUT2D eigenvalue weighted by Gasteiger charge is -2.24. The molecule has 2 heterocycles. The summed E-state index contributed by atoms with van der Waals surface area (Å²) >= 11 is 3.29. The van der Waals surface area contributed by atoms with E-state index in [-0.39, 0.29) is 18.9 Å². The Balaban J connectivity index is 1.80. The molecule has 1 aromatic rings. The van der Waals surface area contributed by atoms with Gasteiger partial charge < -0.3 is 14.4 Å². The van der Waals surface area contributed by atoms with Crippen LogP contribution in [0.3, 0.4) is 0 Å². The van der Waals surface area contributed by atoms with E-state index in [1.165, 1.54) is 6.08 Å². The molecular formula is C18H24BrN3O4. The summed E-state index contributed by atoms with van der Waals surface area (Å²) in [5.41, 5.74) is 0.298. The maximum atomic E-state index is 12.2. The first-order valence-corrected chi connectivity index (χ1v) is 9.15. The number of carbonyl (C=O) groups is 2. The molecule has 1 unspecified atom stereocenters. The quantitative estimate of drug-likeness (QED) is 0.576. The van der Waals surface area contributed by atoms with Crippen LogP contribution in [0.1, 0.15) is 43.2 Å². The highest BCUT2D eigenvalue weighted by Crippen LogP contribution is 2.17. The normalized spacial score (nSPS) is 17.1. The summed E-state index contributed by atoms with van der Waals surface area (Å²) in [7, 11) is 0. The smallest absolute Gasteiger partial charge is 0.410 e. The van der Waals surface area contributed by atoms with Gasteiger partial charge in [-0.05, 0) is 55.3 Å². The van der Waals surface area contributed by atoms with E-state index in [9.17, 15) is 9.59 Å². The molecular weight excluding hydrogens is 402 g/mol. The molecule has 2 rings (SSSR count). The standard InChI is InChI=1S/C18H24BrN3O4/c1-5-15-14(8-12(19)9-20-15)16(23)25-11-21-13-6-7-22(10-13)17(24)26-18(2,3)4/h5,8-9,13,21H,1,6-7,10-11H2,2-4H3. The van der Waals surface area contributed by atoms with Gasteiger partial charge in [-0.25, -0.2) is 9.59 Å². The van der Waals surface area contributed by atoms with E-state index in [1.54, 1.807) is 17.2 Å². The topological polar surface area (TPSA) is 80.8 Å². The lowest BCUT2D eigenvalue weighted by Crippen LogP contribution is -2.39. The highest BCUT2D eigenvalue weighted by molar-refractivity contribution is 9.10. The third kappa shape index (κ3) is 5.81. The van der Waals surface area contributed by atoms with Crippen molar-refractivity contribution in [2.45, 2.75) is 38.8 Å². The number of ether oxygens (including phenoxy) is 2. The molecule has 1 N–H and O–H groups in total. The van der Waals surface area contributed by atoms with Gasteiger partial charge >= 0.3 is 12.1 Å². The fourth-order valence-corrected chi connectivity index (χ4v) is 2.83. The van der Waals surface area contributed by atoms with Gasteiger partial charge in [-0.2, -0.15) is 0 Å². The van der Waals surface area contributed by atoms with E-state index in [2.05, 4.69) is 32.8 Å². The molecule has 142 valence electrons. The number of pyridine rings is 1. The van der Waals surface area contributed by atoms with Crippen LogP contribution in [0.25, 0.3) is 6.08 Å². The molecule has 1 aromatic heterocycles. The van der Waals surface area contributed by atoms with Crippen LogP contribution in [0.4, 0.5) is 4.79 Å². The molecule has 0 bridgehead atoms. The Morgan fingerprint density at radius 1 is 1.50 bits per heavy atom. The van der Waals surface area contributed by atoms with Gasteiger partial charge in [0.2, 0.25) is 0 Å². The highest BCUT2D eigenvalue weighted by Gasteiger charge is 2.29. The van der Waals surface area contributed by atoms with Crippen molar-refractivity contribution in [1.82, 2.24) is 15.2 Å². The van der Waals surface area contributed by atoms with E-state index in [0.29, 0.717) is 28.8 Å². The molecule has 0 spiro atoms. The fourth-order valence-electron chi connectivity index (χ4n) is 2.50. The van der Waals surface area contributed by atoms with E-state index >= 15 is 0 Å². The Labute approximate surface area is 161 Å². The summed E-state index contributed by atoms with van der Waals surface area (Å²) < 4.78 is 11.3. The summed E-state index contributed by atoms with van der Waals surface area (Å²) in [6.45, 7) is 10.3. The van der Waals surface area contributed by atoms with Crippen LogP contribution >= 0.6 is 15.9 Å². The van der Waals surface area contributed by atoms with Crippen LogP contribution in [-0.2, 0) is 9.47 Å². The Bertz CT molecular complexity index is 688. The van der Waals surface area contributed by atoms with Gasteiger partial charge in [-0.3, -0.25) is 10.3 Å². The summed E-state index contributed by atoms with van der Waals surface area (Å²) in [4.78, 5) is 30.0. The number of halogens is 1. The van der Waals surface area contributed by atoms with Crippen LogP contribution in [0.5, 0.6) is 0 Å². The predicted octanol–water partition coefficient (Wildman–Crippen LogP) is 3.20. The maximum Gasteiger partial charge on any atom is 0.410 e. The van der Waals surface area contributed by atoms with E-state index in [4.69, 9.17) is 9.47 Å². The largest absolute Gasteiger partial charge is 0.446 e. The average molecular weight is 426 g/mol. The first-order valence-electron chi connectivity index (χ1n) is 8.36. The average Bonchev–Trinajstić information content (AvgIpc) is 3.02. The highest BCUT2D eigenvalue weighted by atomic mass is 79.9. The lowest BCUT2D eigenvalue weighted by molar-refractivity contribution is 0.0282. The van der Waals surface area contributed by atoms with Crippen LogP contribution in [-0.4, -0.2) is 53.4 Å². The van der Waals surface area contributed by atoms with E-state index < -0.39 is 11.6 Å². The minimum absolute atomic E-state index is 0.0504. The molecule has 1 atom stereocenters. The van der Waals surface area contributed by atoms with Crippen molar-refractivity contribution in [3.63, 3.8) is 0 Å². The van der Waals surface area contributed by atoms with Crippen molar-refractivity contribution < 1.29 is 19.1 Å². The predicted molar refractivity (Wildman–Crippen MR) is 102 cm³/mol. The summed E-state index contributed by atoms with van der Waals surface area (Å²) in [6, 6.07) is 1.70. The fraction of sp³-hybridized carbons (Fsp3) is 0.500. The van der Waals surface area contributed by atoms with Crippen molar-refractivity contribution >= 4 is 34.1 Å². The number of rotatable bonds is 5. The van der Waals surface area contributed by atoms with Crippen molar-refractivity contribution in [1.29, 1.82) is 0 Å². The monoisotopic (exact) mass is 425 g/mol. The summed E-state index contributed by atoms with van der Waals surface area (Å²) in [5, 5.41) is 3.13. The minimum Gasteiger partial charge on any atom is -0.446 e. The minimum atomic E-state index is -0.515. The van der Waals surface area contributed by atoms with Gasteiger partial charge in [-0.1, -0.05) is 6.58 Å². The number of esters is 1.